The normalized spacial score (nSPS) is 18.3. The molecule has 0 aliphatic carbocycles. The first kappa shape index (κ1) is 49.7. The molecule has 7 rings (SSSR count). The van der Waals surface area contributed by atoms with Gasteiger partial charge in [-0.25, -0.2) is 9.37 Å². The molecule has 6 amide bonds. The number of aromatic nitrogens is 2. The van der Waals surface area contributed by atoms with Crippen LogP contribution in [0.5, 0.6) is 0 Å². The van der Waals surface area contributed by atoms with Crippen LogP contribution in [0.2, 0.25) is 0 Å². The van der Waals surface area contributed by atoms with Crippen molar-refractivity contribution in [2.24, 2.45) is 5.41 Å². The van der Waals surface area contributed by atoms with Gasteiger partial charge in [0.15, 0.2) is 0 Å². The topological polar surface area (TPSA) is 209 Å². The molecule has 2 aromatic carbocycles. The summed E-state index contributed by atoms with van der Waals surface area (Å²) >= 11 is 1.57. The van der Waals surface area contributed by atoms with Gasteiger partial charge >= 0.3 is 0 Å². The summed E-state index contributed by atoms with van der Waals surface area (Å²) < 4.78 is 13.9. The lowest BCUT2D eigenvalue weighted by molar-refractivity contribution is -0.144. The van der Waals surface area contributed by atoms with Gasteiger partial charge in [-0.3, -0.25) is 33.7 Å². The Morgan fingerprint density at radius 2 is 1.69 bits per heavy atom. The maximum atomic E-state index is 14.0. The number of carbonyl (C=O) groups excluding carboxylic acids is 6. The molecule has 18 heteroatoms. The summed E-state index contributed by atoms with van der Waals surface area (Å²) in [6.45, 7) is 11.9. The first-order chi connectivity index (χ1) is 32.4. The molecule has 6 N–H and O–H groups in total. The number of β-amino-alcohol motifs (C(OH)–C–C–N with tert-alkyl or cyclic N) is 1. The molecule has 0 bridgehead atoms. The lowest BCUT2D eigenvalue weighted by atomic mass is 9.85. The minimum Gasteiger partial charge on any atom is -0.391 e. The number of unbranched alkanes of at least 4 members (excludes halogenated alkanes) is 3. The Balaban J connectivity index is 0.784. The number of thiazole rings is 1. The van der Waals surface area contributed by atoms with Crippen LogP contribution in [-0.2, 0) is 35.3 Å². The maximum Gasteiger partial charge on any atom is 0.256 e. The summed E-state index contributed by atoms with van der Waals surface area (Å²) in [5.74, 6) is -1.97. The summed E-state index contributed by atoms with van der Waals surface area (Å²) in [5, 5.41) is 22.1. The van der Waals surface area contributed by atoms with E-state index in [1.165, 1.54) is 23.1 Å². The highest BCUT2D eigenvalue weighted by Crippen LogP contribution is 2.35. The molecule has 3 aliphatic heterocycles. The van der Waals surface area contributed by atoms with Crippen molar-refractivity contribution in [1.82, 2.24) is 35.3 Å². The van der Waals surface area contributed by atoms with E-state index in [4.69, 9.17) is 0 Å². The molecule has 2 aromatic heterocycles. The van der Waals surface area contributed by atoms with Crippen LogP contribution in [0.1, 0.15) is 93.8 Å². The number of nitrogens with one attached hydrogen (secondary N) is 5. The van der Waals surface area contributed by atoms with Crippen LogP contribution in [0.25, 0.3) is 22.1 Å². The van der Waals surface area contributed by atoms with Crippen LogP contribution in [0.4, 0.5) is 15.8 Å². The molecular weight excluding hydrogens is 890 g/mol. The molecule has 5 heterocycles. The third kappa shape index (κ3) is 12.3. The first-order valence-corrected chi connectivity index (χ1v) is 24.2. The standard InChI is InChI=1S/C50H62FN9O7S/c1-30-39(24-37-36-22-34(51)16-17-38(36)56-47(37)65)52-26-40(30)55-43(63)28-58-18-20-59(21-19-58)44(64)11-9-7-6-8-10-42(62)57-46(50(3,4)5)49(67)60-27-35(61)23-41(60)48(66)53-25-32-12-14-33(15-13-32)45-31(2)54-29-68-45/h12-17,22,24,26,29,35,41,46,52,61H,6-11,18-21,23,25,27-28H2,1-5H3,(H,53,66)(H,55,63)(H,56,65)(H,57,62)/b37-24-/t35-,41+,46+/m0/s1. The van der Waals surface area contributed by atoms with E-state index in [1.54, 1.807) is 23.6 Å². The highest BCUT2D eigenvalue weighted by molar-refractivity contribution is 7.13. The number of piperazine rings is 1. The molecule has 0 saturated carbocycles. The largest absolute Gasteiger partial charge is 0.391 e. The average Bonchev–Trinajstić information content (AvgIpc) is 4.08. The van der Waals surface area contributed by atoms with Crippen LogP contribution < -0.4 is 21.3 Å². The zero-order valence-corrected chi connectivity index (χ0v) is 40.2. The fraction of sp³-hybridized carbons (Fsp3) is 0.460. The number of fused-ring (bicyclic) bond motifs is 1. The average molecular weight is 952 g/mol. The highest BCUT2D eigenvalue weighted by atomic mass is 32.1. The number of anilines is 2. The van der Waals surface area contributed by atoms with E-state index in [1.807, 2.05) is 74.2 Å². The number of nitrogens with zero attached hydrogens (tertiary/aromatic N) is 4. The Hall–Kier alpha value is -6.24. The van der Waals surface area contributed by atoms with Gasteiger partial charge < -0.3 is 41.2 Å². The number of likely N-dealkylation sites (tertiary alicyclic amines) is 1. The van der Waals surface area contributed by atoms with Gasteiger partial charge in [0, 0.05) is 81.7 Å². The minimum atomic E-state index is -0.909. The molecular formula is C50H62FN9O7S. The predicted molar refractivity (Wildman–Crippen MR) is 259 cm³/mol. The number of H-pyrrole nitrogens is 1. The smallest absolute Gasteiger partial charge is 0.256 e. The van der Waals surface area contributed by atoms with E-state index in [9.17, 15) is 38.3 Å². The van der Waals surface area contributed by atoms with Gasteiger partial charge in [-0.05, 0) is 73.1 Å². The fourth-order valence-corrected chi connectivity index (χ4v) is 9.69. The predicted octanol–water partition coefficient (Wildman–Crippen LogP) is 5.62. The Labute approximate surface area is 400 Å². The number of aliphatic hydroxyl groups is 1. The molecule has 3 atom stereocenters. The van der Waals surface area contributed by atoms with Crippen LogP contribution in [-0.4, -0.2) is 123 Å². The number of hydrogen-bond acceptors (Lipinski definition) is 10. The number of hydrogen-bond donors (Lipinski definition) is 6. The van der Waals surface area contributed by atoms with Crippen LogP contribution in [0.15, 0.2) is 54.2 Å². The van der Waals surface area contributed by atoms with Crippen LogP contribution in [0, 0.1) is 25.1 Å². The van der Waals surface area contributed by atoms with Crippen molar-refractivity contribution in [2.45, 2.75) is 104 Å². The highest BCUT2D eigenvalue weighted by Gasteiger charge is 2.44. The number of benzene rings is 2. The van der Waals surface area contributed by atoms with Crippen molar-refractivity contribution in [3.05, 3.63) is 88.1 Å². The molecule has 68 heavy (non-hydrogen) atoms. The number of rotatable bonds is 17. The van der Waals surface area contributed by atoms with Crippen LogP contribution in [0.3, 0.4) is 0 Å². The molecule has 3 aliphatic rings. The first-order valence-electron chi connectivity index (χ1n) is 23.3. The van der Waals surface area contributed by atoms with Gasteiger partial charge in [0.2, 0.25) is 29.5 Å². The van der Waals surface area contributed by atoms with Gasteiger partial charge in [0.1, 0.15) is 17.9 Å². The number of aliphatic hydroxyl groups excluding tert-OH is 1. The second kappa shape index (κ2) is 21.8. The summed E-state index contributed by atoms with van der Waals surface area (Å²) in [5.41, 5.74) is 7.32. The summed E-state index contributed by atoms with van der Waals surface area (Å²) in [4.78, 5) is 93.0. The number of aryl methyl sites for hydroxylation is 1. The van der Waals surface area contributed by atoms with Crippen molar-refractivity contribution >= 4 is 69.8 Å². The molecule has 0 unspecified atom stereocenters. The lowest BCUT2D eigenvalue weighted by Crippen LogP contribution is -2.57. The Kier molecular flexibility index (Phi) is 15.9. The summed E-state index contributed by atoms with van der Waals surface area (Å²) in [6, 6.07) is 10.2. The van der Waals surface area contributed by atoms with Gasteiger partial charge in [-0.15, -0.1) is 11.3 Å². The Morgan fingerprint density at radius 1 is 0.971 bits per heavy atom. The third-order valence-electron chi connectivity index (χ3n) is 12.9. The third-order valence-corrected chi connectivity index (χ3v) is 13.8. The van der Waals surface area contributed by atoms with Crippen molar-refractivity contribution in [3.8, 4) is 10.4 Å². The van der Waals surface area contributed by atoms with Gasteiger partial charge in [-0.1, -0.05) is 57.9 Å². The van der Waals surface area contributed by atoms with Gasteiger partial charge in [0.05, 0.1) is 40.0 Å². The van der Waals surface area contributed by atoms with Gasteiger partial charge in [-0.2, -0.15) is 0 Å². The lowest BCUT2D eigenvalue weighted by Gasteiger charge is -2.35. The van der Waals surface area contributed by atoms with E-state index < -0.39 is 35.3 Å². The van der Waals surface area contributed by atoms with E-state index in [0.29, 0.717) is 73.6 Å². The quantitative estimate of drug-likeness (QED) is 0.0573. The van der Waals surface area contributed by atoms with Crippen LogP contribution >= 0.6 is 11.3 Å². The fourth-order valence-electron chi connectivity index (χ4n) is 8.87. The minimum absolute atomic E-state index is 0.00388. The SMILES string of the molecule is Cc1ncsc1-c1ccc(CNC(=O)[C@H]2C[C@H](O)CN2C(=O)[C@@H](NC(=O)CCCCCCC(=O)N2CCN(CC(=O)Nc3c[nH]c(/C=C4\C(=O)Nc5ccc(F)cc54)c3C)CC2)C(C)(C)C)cc1. The molecule has 2 fully saturated rings. The van der Waals surface area contributed by atoms with Crippen molar-refractivity contribution in [3.63, 3.8) is 0 Å². The second-order valence-corrected chi connectivity index (χ2v) is 19.9. The molecule has 0 radical (unpaired) electrons. The molecule has 2 saturated heterocycles. The van der Waals surface area contributed by atoms with Crippen molar-refractivity contribution in [2.75, 3.05) is 49.9 Å². The monoisotopic (exact) mass is 951 g/mol. The number of carbonyl (C=O) groups is 6. The molecule has 0 spiro atoms. The number of aromatic amines is 1. The van der Waals surface area contributed by atoms with E-state index >= 15 is 0 Å². The summed E-state index contributed by atoms with van der Waals surface area (Å²) in [6.07, 6.45) is 5.88. The Morgan fingerprint density at radius 3 is 2.38 bits per heavy atom. The number of amides is 6. The summed E-state index contributed by atoms with van der Waals surface area (Å²) in [7, 11) is 0. The second-order valence-electron chi connectivity index (χ2n) is 19.0. The Bertz CT molecular complexity index is 2540. The zero-order chi connectivity index (χ0) is 48.7. The van der Waals surface area contributed by atoms with Crippen molar-refractivity contribution < 1.29 is 38.3 Å². The van der Waals surface area contributed by atoms with E-state index in [0.717, 1.165) is 40.1 Å². The van der Waals surface area contributed by atoms with E-state index in [2.05, 4.69) is 31.2 Å². The molecule has 4 aromatic rings. The molecule has 16 nitrogen and oxygen atoms in total. The number of halogens is 1. The van der Waals surface area contributed by atoms with Gasteiger partial charge in [0.25, 0.3) is 5.91 Å². The zero-order valence-electron chi connectivity index (χ0n) is 39.4. The van der Waals surface area contributed by atoms with Crippen molar-refractivity contribution in [1.29, 1.82) is 0 Å². The van der Waals surface area contributed by atoms with E-state index in [-0.39, 0.29) is 62.0 Å². The molecule has 362 valence electrons. The maximum absolute atomic E-state index is 14.0.